The molecule has 13 heavy (non-hydrogen) atoms. The van der Waals surface area contributed by atoms with Crippen LogP contribution in [0.5, 0.6) is 0 Å². The predicted octanol–water partition coefficient (Wildman–Crippen LogP) is -0.0377. The van der Waals surface area contributed by atoms with Gasteiger partial charge in [-0.3, -0.25) is 0 Å². The lowest BCUT2D eigenvalue weighted by Gasteiger charge is -2.29. The number of rotatable bonds is 4. The van der Waals surface area contributed by atoms with Crippen molar-refractivity contribution in [1.82, 2.24) is 9.80 Å². The van der Waals surface area contributed by atoms with Gasteiger partial charge in [-0.15, -0.1) is 0 Å². The first-order valence-electron chi connectivity index (χ1n) is 4.41. The van der Waals surface area contributed by atoms with E-state index in [2.05, 4.69) is 10.1 Å². The van der Waals surface area contributed by atoms with Gasteiger partial charge >= 0.3 is 0 Å². The number of guanidine groups is 1. The molecule has 0 saturated heterocycles. The summed E-state index contributed by atoms with van der Waals surface area (Å²) in [4.78, 5) is 3.91. The Morgan fingerprint density at radius 3 is 2.38 bits per heavy atom. The Hall–Kier alpha value is -0.970. The summed E-state index contributed by atoms with van der Waals surface area (Å²) in [6, 6.07) is 0.246. The molecule has 5 heteroatoms. The van der Waals surface area contributed by atoms with Gasteiger partial charge in [-0.1, -0.05) is 5.16 Å². The lowest BCUT2D eigenvalue weighted by Crippen LogP contribution is -2.47. The SMILES string of the molecule is CCN(C(N)=NO)C(C)CN(C)C. The van der Waals surface area contributed by atoms with Crippen LogP contribution in [0.3, 0.4) is 0 Å². The van der Waals surface area contributed by atoms with Gasteiger partial charge in [0.05, 0.1) is 0 Å². The summed E-state index contributed by atoms with van der Waals surface area (Å²) < 4.78 is 0. The molecule has 1 unspecified atom stereocenters. The third-order valence-corrected chi connectivity index (χ3v) is 1.90. The fourth-order valence-corrected chi connectivity index (χ4v) is 1.38. The normalized spacial score (nSPS) is 14.7. The molecular weight excluding hydrogens is 168 g/mol. The Kier molecular flexibility index (Phi) is 5.22. The molecule has 0 bridgehead atoms. The molecule has 0 aromatic heterocycles. The van der Waals surface area contributed by atoms with Gasteiger partial charge < -0.3 is 20.7 Å². The maximum atomic E-state index is 8.53. The number of hydrogen-bond donors (Lipinski definition) is 2. The quantitative estimate of drug-likeness (QED) is 0.281. The monoisotopic (exact) mass is 188 g/mol. The number of nitrogens with zero attached hydrogens (tertiary/aromatic N) is 3. The molecule has 0 saturated carbocycles. The van der Waals surface area contributed by atoms with E-state index in [-0.39, 0.29) is 12.0 Å². The maximum Gasteiger partial charge on any atom is 0.233 e. The van der Waals surface area contributed by atoms with Gasteiger partial charge in [-0.25, -0.2) is 0 Å². The zero-order valence-electron chi connectivity index (χ0n) is 8.86. The van der Waals surface area contributed by atoms with E-state index in [1.807, 2.05) is 32.8 Å². The van der Waals surface area contributed by atoms with Gasteiger partial charge in [-0.05, 0) is 27.9 Å². The lowest BCUT2D eigenvalue weighted by atomic mass is 10.3. The molecule has 0 aromatic rings. The van der Waals surface area contributed by atoms with Crippen LogP contribution in [0.15, 0.2) is 5.16 Å². The van der Waals surface area contributed by atoms with E-state index in [1.54, 1.807) is 0 Å². The number of nitrogens with two attached hydrogens (primary N) is 1. The zero-order valence-corrected chi connectivity index (χ0v) is 8.86. The molecule has 0 aromatic carbocycles. The van der Waals surface area contributed by atoms with Crippen LogP contribution in [-0.4, -0.2) is 54.2 Å². The Morgan fingerprint density at radius 1 is 1.54 bits per heavy atom. The minimum absolute atomic E-state index is 0.178. The Bertz CT molecular complexity index is 170. The number of oxime groups is 1. The second-order valence-corrected chi connectivity index (χ2v) is 3.36. The molecule has 0 spiro atoms. The summed E-state index contributed by atoms with van der Waals surface area (Å²) in [6.45, 7) is 5.64. The molecule has 0 aliphatic rings. The molecule has 0 fully saturated rings. The van der Waals surface area contributed by atoms with Crippen LogP contribution in [0.1, 0.15) is 13.8 Å². The molecule has 0 aliphatic heterocycles. The Morgan fingerprint density at radius 2 is 2.08 bits per heavy atom. The maximum absolute atomic E-state index is 8.53. The van der Waals surface area contributed by atoms with Crippen molar-refractivity contribution >= 4 is 5.96 Å². The van der Waals surface area contributed by atoms with E-state index in [0.717, 1.165) is 13.1 Å². The first-order valence-corrected chi connectivity index (χ1v) is 4.41. The first-order chi connectivity index (χ1) is 6.02. The van der Waals surface area contributed by atoms with Crippen molar-refractivity contribution in [3.8, 4) is 0 Å². The van der Waals surface area contributed by atoms with E-state index in [0.29, 0.717) is 0 Å². The molecule has 0 aliphatic carbocycles. The van der Waals surface area contributed by atoms with Crippen LogP contribution in [0.4, 0.5) is 0 Å². The Labute approximate surface area is 79.8 Å². The second-order valence-electron chi connectivity index (χ2n) is 3.36. The molecule has 5 nitrogen and oxygen atoms in total. The van der Waals surface area contributed by atoms with Crippen molar-refractivity contribution in [3.63, 3.8) is 0 Å². The zero-order chi connectivity index (χ0) is 10.4. The summed E-state index contributed by atoms with van der Waals surface area (Å²) >= 11 is 0. The molecule has 0 rings (SSSR count). The Balaban J connectivity index is 4.23. The van der Waals surface area contributed by atoms with Crippen molar-refractivity contribution in [2.45, 2.75) is 19.9 Å². The third kappa shape index (κ3) is 3.98. The highest BCUT2D eigenvalue weighted by atomic mass is 16.4. The van der Waals surface area contributed by atoms with Gasteiger partial charge in [0.15, 0.2) is 0 Å². The van der Waals surface area contributed by atoms with Crippen molar-refractivity contribution in [2.24, 2.45) is 10.9 Å². The van der Waals surface area contributed by atoms with Gasteiger partial charge in [0.1, 0.15) is 0 Å². The van der Waals surface area contributed by atoms with E-state index >= 15 is 0 Å². The van der Waals surface area contributed by atoms with E-state index in [4.69, 9.17) is 10.9 Å². The number of likely N-dealkylation sites (N-methyl/N-ethyl adjacent to an activating group) is 2. The smallest absolute Gasteiger partial charge is 0.233 e. The lowest BCUT2D eigenvalue weighted by molar-refractivity contribution is 0.244. The van der Waals surface area contributed by atoms with Gasteiger partial charge in [-0.2, -0.15) is 0 Å². The summed E-state index contributed by atoms with van der Waals surface area (Å²) in [7, 11) is 3.99. The fraction of sp³-hybridized carbons (Fsp3) is 0.875. The minimum atomic E-state index is 0.178. The molecule has 0 amide bonds. The second kappa shape index (κ2) is 5.64. The van der Waals surface area contributed by atoms with Gasteiger partial charge in [0.25, 0.3) is 0 Å². The largest absolute Gasteiger partial charge is 0.408 e. The summed E-state index contributed by atoms with van der Waals surface area (Å²) in [5, 5.41) is 11.5. The van der Waals surface area contributed by atoms with E-state index in [1.165, 1.54) is 0 Å². The number of hydrogen-bond acceptors (Lipinski definition) is 3. The molecular formula is C8H20N4O. The standard InChI is InChI=1S/C8H20N4O/c1-5-12(8(9)10-13)7(2)6-11(3)4/h7,13H,5-6H2,1-4H3,(H2,9,10). The van der Waals surface area contributed by atoms with Gasteiger partial charge in [0.2, 0.25) is 5.96 Å². The summed E-state index contributed by atoms with van der Waals surface area (Å²) in [6.07, 6.45) is 0. The predicted molar refractivity (Wildman–Crippen MR) is 53.8 cm³/mol. The van der Waals surface area contributed by atoms with Crippen LogP contribution >= 0.6 is 0 Å². The fourth-order valence-electron chi connectivity index (χ4n) is 1.38. The topological polar surface area (TPSA) is 65.1 Å². The highest BCUT2D eigenvalue weighted by Crippen LogP contribution is 1.99. The van der Waals surface area contributed by atoms with Crippen LogP contribution in [0.2, 0.25) is 0 Å². The van der Waals surface area contributed by atoms with Crippen LogP contribution in [0, 0.1) is 0 Å². The first kappa shape index (κ1) is 12.0. The average molecular weight is 188 g/mol. The van der Waals surface area contributed by atoms with Crippen molar-refractivity contribution in [2.75, 3.05) is 27.2 Å². The van der Waals surface area contributed by atoms with Crippen LogP contribution in [0.25, 0.3) is 0 Å². The highest BCUT2D eigenvalue weighted by Gasteiger charge is 2.14. The van der Waals surface area contributed by atoms with E-state index in [9.17, 15) is 0 Å². The average Bonchev–Trinajstić information content (AvgIpc) is 2.03. The molecule has 0 radical (unpaired) electrons. The molecule has 78 valence electrons. The van der Waals surface area contributed by atoms with Crippen molar-refractivity contribution in [1.29, 1.82) is 0 Å². The van der Waals surface area contributed by atoms with Crippen molar-refractivity contribution in [3.05, 3.63) is 0 Å². The van der Waals surface area contributed by atoms with Crippen molar-refractivity contribution < 1.29 is 5.21 Å². The highest BCUT2D eigenvalue weighted by molar-refractivity contribution is 5.77. The molecule has 0 heterocycles. The molecule has 1 atom stereocenters. The van der Waals surface area contributed by atoms with E-state index < -0.39 is 0 Å². The van der Waals surface area contributed by atoms with Gasteiger partial charge in [0, 0.05) is 19.1 Å². The molecule has 3 N–H and O–H groups in total. The minimum Gasteiger partial charge on any atom is -0.408 e. The van der Waals surface area contributed by atoms with Crippen LogP contribution in [-0.2, 0) is 0 Å². The van der Waals surface area contributed by atoms with Crippen LogP contribution < -0.4 is 5.73 Å². The summed E-state index contributed by atoms with van der Waals surface area (Å²) in [5.74, 6) is 0.178. The summed E-state index contributed by atoms with van der Waals surface area (Å²) in [5.41, 5.74) is 5.51. The third-order valence-electron chi connectivity index (χ3n) is 1.90.